The van der Waals surface area contributed by atoms with Crippen LogP contribution < -0.4 is 5.32 Å². The van der Waals surface area contributed by atoms with E-state index in [9.17, 15) is 0 Å². The maximum Gasteiger partial charge on any atom is 0.230 e. The lowest BCUT2D eigenvalue weighted by molar-refractivity contribution is 0.373. The van der Waals surface area contributed by atoms with Crippen LogP contribution in [0.15, 0.2) is 28.7 Å². The third-order valence-corrected chi connectivity index (χ3v) is 3.69. The summed E-state index contributed by atoms with van der Waals surface area (Å²) < 4.78 is 5.43. The van der Waals surface area contributed by atoms with E-state index in [1.165, 1.54) is 11.1 Å². The molecule has 1 aromatic carbocycles. The largest absolute Gasteiger partial charge is 0.424 e. The van der Waals surface area contributed by atoms with E-state index in [0.29, 0.717) is 30.2 Å². The standard InChI is InChI=1S/C18H27N3O/c1-12(2)10-15-6-8-16(9-7-15)18(13(3)4)19-11-17-21-20-14(5)22-17/h6-9,12-13,18-19H,10-11H2,1-5H3/t18-/m1/s1. The Balaban J connectivity index is 2.03. The summed E-state index contributed by atoms with van der Waals surface area (Å²) in [4.78, 5) is 0. The molecule has 0 aliphatic rings. The first-order valence-corrected chi connectivity index (χ1v) is 8.07. The number of hydrogen-bond acceptors (Lipinski definition) is 4. The molecule has 1 heterocycles. The summed E-state index contributed by atoms with van der Waals surface area (Å²) in [6.07, 6.45) is 1.13. The third-order valence-electron chi connectivity index (χ3n) is 3.69. The van der Waals surface area contributed by atoms with Gasteiger partial charge in [-0.3, -0.25) is 0 Å². The second-order valence-corrected chi connectivity index (χ2v) is 6.66. The molecular formula is C18H27N3O. The molecule has 2 aromatic rings. The van der Waals surface area contributed by atoms with Gasteiger partial charge in [0.25, 0.3) is 0 Å². The molecule has 1 atom stereocenters. The van der Waals surface area contributed by atoms with E-state index in [2.05, 4.69) is 67.5 Å². The second kappa shape index (κ2) is 7.54. The van der Waals surface area contributed by atoms with Gasteiger partial charge in [0, 0.05) is 13.0 Å². The van der Waals surface area contributed by atoms with E-state index < -0.39 is 0 Å². The highest BCUT2D eigenvalue weighted by molar-refractivity contribution is 5.25. The Bertz CT molecular complexity index is 572. The van der Waals surface area contributed by atoms with Crippen LogP contribution in [-0.2, 0) is 13.0 Å². The van der Waals surface area contributed by atoms with Crippen LogP contribution in [-0.4, -0.2) is 10.2 Å². The average molecular weight is 301 g/mol. The predicted molar refractivity (Wildman–Crippen MR) is 88.4 cm³/mol. The summed E-state index contributed by atoms with van der Waals surface area (Å²) in [7, 11) is 0. The molecule has 0 amide bonds. The fraction of sp³-hybridized carbons (Fsp3) is 0.556. The fourth-order valence-electron chi connectivity index (χ4n) is 2.68. The number of benzene rings is 1. The van der Waals surface area contributed by atoms with Gasteiger partial charge in [-0.15, -0.1) is 10.2 Å². The molecule has 0 saturated heterocycles. The van der Waals surface area contributed by atoms with Gasteiger partial charge in [0.1, 0.15) is 0 Å². The summed E-state index contributed by atoms with van der Waals surface area (Å²) in [5.41, 5.74) is 2.70. The normalized spacial score (nSPS) is 13.0. The minimum absolute atomic E-state index is 0.278. The Labute approximate surface area is 133 Å². The van der Waals surface area contributed by atoms with Gasteiger partial charge in [-0.1, -0.05) is 52.0 Å². The van der Waals surface area contributed by atoms with E-state index in [4.69, 9.17) is 4.42 Å². The van der Waals surface area contributed by atoms with Gasteiger partial charge >= 0.3 is 0 Å². The molecule has 2 rings (SSSR count). The zero-order chi connectivity index (χ0) is 16.1. The van der Waals surface area contributed by atoms with E-state index in [1.807, 2.05) is 6.92 Å². The van der Waals surface area contributed by atoms with Crippen molar-refractivity contribution in [1.29, 1.82) is 0 Å². The maximum absolute atomic E-state index is 5.43. The average Bonchev–Trinajstić information content (AvgIpc) is 2.85. The van der Waals surface area contributed by atoms with Gasteiger partial charge in [-0.05, 0) is 29.4 Å². The number of nitrogens with zero attached hydrogens (tertiary/aromatic N) is 2. The quantitative estimate of drug-likeness (QED) is 0.837. The monoisotopic (exact) mass is 301 g/mol. The molecule has 0 aliphatic heterocycles. The van der Waals surface area contributed by atoms with E-state index >= 15 is 0 Å². The number of aryl methyl sites for hydroxylation is 1. The molecule has 1 N–H and O–H groups in total. The van der Waals surface area contributed by atoms with Crippen LogP contribution in [0.25, 0.3) is 0 Å². The minimum Gasteiger partial charge on any atom is -0.424 e. The fourth-order valence-corrected chi connectivity index (χ4v) is 2.68. The zero-order valence-corrected chi connectivity index (χ0v) is 14.3. The number of aromatic nitrogens is 2. The van der Waals surface area contributed by atoms with Gasteiger partial charge < -0.3 is 9.73 Å². The first-order valence-electron chi connectivity index (χ1n) is 8.07. The Hall–Kier alpha value is -1.68. The second-order valence-electron chi connectivity index (χ2n) is 6.66. The van der Waals surface area contributed by atoms with Crippen LogP contribution in [0.5, 0.6) is 0 Å². The lowest BCUT2D eigenvalue weighted by atomic mass is 9.94. The van der Waals surface area contributed by atoms with Crippen molar-refractivity contribution in [3.63, 3.8) is 0 Å². The lowest BCUT2D eigenvalue weighted by Gasteiger charge is -2.22. The van der Waals surface area contributed by atoms with Crippen LogP contribution in [0, 0.1) is 18.8 Å². The van der Waals surface area contributed by atoms with Crippen molar-refractivity contribution >= 4 is 0 Å². The molecular weight excluding hydrogens is 274 g/mol. The summed E-state index contributed by atoms with van der Waals surface area (Å²) in [6.45, 7) is 11.3. The first kappa shape index (κ1) is 16.7. The highest BCUT2D eigenvalue weighted by Crippen LogP contribution is 2.23. The minimum atomic E-state index is 0.278. The van der Waals surface area contributed by atoms with E-state index in [0.717, 1.165) is 6.42 Å². The number of hydrogen-bond donors (Lipinski definition) is 1. The third kappa shape index (κ3) is 4.67. The smallest absolute Gasteiger partial charge is 0.230 e. The molecule has 0 unspecified atom stereocenters. The first-order chi connectivity index (χ1) is 10.5. The summed E-state index contributed by atoms with van der Waals surface area (Å²) in [5, 5.41) is 11.4. The number of rotatable bonds is 7. The van der Waals surface area contributed by atoms with Crippen LogP contribution in [0.4, 0.5) is 0 Å². The van der Waals surface area contributed by atoms with Crippen LogP contribution in [0.2, 0.25) is 0 Å². The van der Waals surface area contributed by atoms with Crippen molar-refractivity contribution in [3.05, 3.63) is 47.2 Å². The topological polar surface area (TPSA) is 51.0 Å². The van der Waals surface area contributed by atoms with Gasteiger partial charge in [0.2, 0.25) is 11.8 Å². The molecule has 0 fully saturated rings. The highest BCUT2D eigenvalue weighted by atomic mass is 16.4. The summed E-state index contributed by atoms with van der Waals surface area (Å²) >= 11 is 0. The van der Waals surface area contributed by atoms with Gasteiger partial charge in [-0.2, -0.15) is 0 Å². The molecule has 4 heteroatoms. The Morgan fingerprint density at radius 3 is 2.23 bits per heavy atom. The summed E-state index contributed by atoms with van der Waals surface area (Å²) in [6, 6.07) is 9.22. The summed E-state index contributed by atoms with van der Waals surface area (Å²) in [5.74, 6) is 2.42. The predicted octanol–water partition coefficient (Wildman–Crippen LogP) is 4.06. The molecule has 0 radical (unpaired) electrons. The molecule has 120 valence electrons. The zero-order valence-electron chi connectivity index (χ0n) is 14.3. The van der Waals surface area contributed by atoms with Crippen molar-refractivity contribution in [2.75, 3.05) is 0 Å². The van der Waals surface area contributed by atoms with Crippen LogP contribution in [0.3, 0.4) is 0 Å². The van der Waals surface area contributed by atoms with Crippen molar-refractivity contribution < 1.29 is 4.42 Å². The van der Waals surface area contributed by atoms with Crippen LogP contribution in [0.1, 0.15) is 56.6 Å². The SMILES string of the molecule is Cc1nnc(CN[C@@H](c2ccc(CC(C)C)cc2)C(C)C)o1. The Kier molecular flexibility index (Phi) is 5.72. The number of nitrogens with one attached hydrogen (secondary N) is 1. The molecule has 0 aliphatic carbocycles. The molecule has 0 spiro atoms. The van der Waals surface area contributed by atoms with E-state index in [1.54, 1.807) is 0 Å². The van der Waals surface area contributed by atoms with Crippen molar-refractivity contribution in [2.24, 2.45) is 11.8 Å². The van der Waals surface area contributed by atoms with Gasteiger partial charge in [0.05, 0.1) is 6.54 Å². The maximum atomic E-state index is 5.43. The van der Waals surface area contributed by atoms with Crippen molar-refractivity contribution in [3.8, 4) is 0 Å². The Morgan fingerprint density at radius 1 is 1.05 bits per heavy atom. The van der Waals surface area contributed by atoms with E-state index in [-0.39, 0.29) is 6.04 Å². The van der Waals surface area contributed by atoms with Gasteiger partial charge in [0.15, 0.2) is 0 Å². The Morgan fingerprint density at radius 2 is 1.73 bits per heavy atom. The lowest BCUT2D eigenvalue weighted by Crippen LogP contribution is -2.25. The van der Waals surface area contributed by atoms with Gasteiger partial charge in [-0.25, -0.2) is 0 Å². The highest BCUT2D eigenvalue weighted by Gasteiger charge is 2.16. The van der Waals surface area contributed by atoms with Crippen LogP contribution >= 0.6 is 0 Å². The molecule has 4 nitrogen and oxygen atoms in total. The molecule has 0 saturated carbocycles. The molecule has 22 heavy (non-hydrogen) atoms. The molecule has 1 aromatic heterocycles. The van der Waals surface area contributed by atoms with Crippen molar-refractivity contribution in [2.45, 2.75) is 53.6 Å². The molecule has 0 bridgehead atoms. The van der Waals surface area contributed by atoms with Crippen molar-refractivity contribution in [1.82, 2.24) is 15.5 Å².